The molecule has 136 valence electrons. The number of piperidine rings is 2. The van der Waals surface area contributed by atoms with Crippen molar-refractivity contribution >= 4 is 17.5 Å². The highest BCUT2D eigenvalue weighted by atomic mass is 16.2. The Labute approximate surface area is 150 Å². The first-order valence-electron chi connectivity index (χ1n) is 9.49. The normalized spacial score (nSPS) is 21.8. The molecule has 0 radical (unpaired) electrons. The Morgan fingerprint density at radius 3 is 2.56 bits per heavy atom. The van der Waals surface area contributed by atoms with E-state index in [-0.39, 0.29) is 17.9 Å². The van der Waals surface area contributed by atoms with Gasteiger partial charge in [-0.2, -0.15) is 0 Å². The number of carbonyl (C=O) groups excluding carboxylic acids is 2. The highest BCUT2D eigenvalue weighted by Crippen LogP contribution is 2.22. The number of aryl methyl sites for hydroxylation is 1. The van der Waals surface area contributed by atoms with E-state index in [4.69, 9.17) is 0 Å². The second-order valence-corrected chi connectivity index (χ2v) is 7.50. The van der Waals surface area contributed by atoms with Gasteiger partial charge in [0, 0.05) is 24.3 Å². The minimum atomic E-state index is -0.107. The van der Waals surface area contributed by atoms with Crippen LogP contribution in [0.3, 0.4) is 0 Å². The summed E-state index contributed by atoms with van der Waals surface area (Å²) in [6.07, 6.45) is 5.26. The molecule has 1 aromatic carbocycles. The number of anilines is 1. The molecule has 5 heteroatoms. The van der Waals surface area contributed by atoms with Gasteiger partial charge in [-0.25, -0.2) is 0 Å². The van der Waals surface area contributed by atoms with Crippen molar-refractivity contribution in [3.8, 4) is 0 Å². The molecule has 0 unspecified atom stereocenters. The maximum Gasteiger partial charge on any atom is 0.253 e. The van der Waals surface area contributed by atoms with E-state index >= 15 is 0 Å². The first-order chi connectivity index (χ1) is 12.0. The third-order valence-electron chi connectivity index (χ3n) is 5.43. The molecular weight excluding hydrogens is 314 g/mol. The molecule has 2 amide bonds. The largest absolute Gasteiger partial charge is 0.339 e. The molecule has 5 nitrogen and oxygen atoms in total. The van der Waals surface area contributed by atoms with Crippen molar-refractivity contribution in [1.82, 2.24) is 10.2 Å². The minimum Gasteiger partial charge on any atom is -0.339 e. The van der Waals surface area contributed by atoms with Crippen molar-refractivity contribution in [3.05, 3.63) is 29.3 Å². The third kappa shape index (κ3) is 4.40. The van der Waals surface area contributed by atoms with E-state index in [2.05, 4.69) is 17.6 Å². The van der Waals surface area contributed by atoms with Gasteiger partial charge in [-0.1, -0.05) is 13.3 Å². The van der Waals surface area contributed by atoms with E-state index in [1.165, 1.54) is 0 Å². The zero-order valence-electron chi connectivity index (χ0n) is 15.3. The Hall–Kier alpha value is -1.88. The van der Waals surface area contributed by atoms with Crippen LogP contribution >= 0.6 is 0 Å². The molecule has 1 aromatic rings. The van der Waals surface area contributed by atoms with Gasteiger partial charge in [0.15, 0.2) is 0 Å². The fraction of sp³-hybridized carbons (Fsp3) is 0.600. The van der Waals surface area contributed by atoms with Gasteiger partial charge in [0.25, 0.3) is 5.91 Å². The average molecular weight is 343 g/mol. The van der Waals surface area contributed by atoms with Crippen LogP contribution in [0.25, 0.3) is 0 Å². The molecule has 2 heterocycles. The Morgan fingerprint density at radius 2 is 1.92 bits per heavy atom. The summed E-state index contributed by atoms with van der Waals surface area (Å²) in [6, 6.07) is 5.47. The van der Waals surface area contributed by atoms with Crippen LogP contribution in [-0.4, -0.2) is 42.4 Å². The van der Waals surface area contributed by atoms with Crippen LogP contribution in [-0.2, 0) is 4.79 Å². The van der Waals surface area contributed by atoms with Crippen LogP contribution in [0, 0.1) is 12.8 Å². The number of amides is 2. The Balaban J connectivity index is 1.64. The summed E-state index contributed by atoms with van der Waals surface area (Å²) in [7, 11) is 0. The standard InChI is InChI=1S/C20H29N3O2/c1-14-8-11-23(12-9-14)20(25)16-6-7-17(15(2)13-16)22-19(24)18-5-3-4-10-21-18/h6-7,13-14,18,21H,3-5,8-12H2,1-2H3,(H,22,24)/t18-/m0/s1. The first-order valence-corrected chi connectivity index (χ1v) is 9.49. The molecule has 3 rings (SSSR count). The van der Waals surface area contributed by atoms with Crippen molar-refractivity contribution in [2.24, 2.45) is 5.92 Å². The summed E-state index contributed by atoms with van der Waals surface area (Å²) in [4.78, 5) is 27.0. The molecule has 2 saturated heterocycles. The van der Waals surface area contributed by atoms with Gasteiger partial charge in [0.1, 0.15) is 0 Å². The lowest BCUT2D eigenvalue weighted by atomic mass is 9.98. The molecule has 0 bridgehead atoms. The van der Waals surface area contributed by atoms with Crippen molar-refractivity contribution in [3.63, 3.8) is 0 Å². The zero-order chi connectivity index (χ0) is 17.8. The number of nitrogens with one attached hydrogen (secondary N) is 2. The Kier molecular flexibility index (Phi) is 5.74. The molecule has 2 aliphatic rings. The average Bonchev–Trinajstić information content (AvgIpc) is 2.64. The van der Waals surface area contributed by atoms with Crippen LogP contribution in [0.4, 0.5) is 5.69 Å². The Bertz CT molecular complexity index is 630. The fourth-order valence-electron chi connectivity index (χ4n) is 3.63. The van der Waals surface area contributed by atoms with Crippen molar-refractivity contribution in [1.29, 1.82) is 0 Å². The molecule has 1 atom stereocenters. The monoisotopic (exact) mass is 343 g/mol. The van der Waals surface area contributed by atoms with Crippen LogP contribution in [0.15, 0.2) is 18.2 Å². The highest BCUT2D eigenvalue weighted by Gasteiger charge is 2.23. The predicted molar refractivity (Wildman–Crippen MR) is 99.8 cm³/mol. The van der Waals surface area contributed by atoms with Gasteiger partial charge in [-0.05, 0) is 68.8 Å². The molecule has 0 spiro atoms. The first kappa shape index (κ1) is 17.9. The van der Waals surface area contributed by atoms with Gasteiger partial charge < -0.3 is 15.5 Å². The molecule has 2 N–H and O–H groups in total. The summed E-state index contributed by atoms with van der Waals surface area (Å²) in [5.41, 5.74) is 2.43. The highest BCUT2D eigenvalue weighted by molar-refractivity contribution is 5.98. The van der Waals surface area contributed by atoms with Gasteiger partial charge in [0.2, 0.25) is 5.91 Å². The summed E-state index contributed by atoms with van der Waals surface area (Å²) in [5.74, 6) is 0.825. The van der Waals surface area contributed by atoms with E-state index in [9.17, 15) is 9.59 Å². The lowest BCUT2D eigenvalue weighted by Crippen LogP contribution is -2.43. The second-order valence-electron chi connectivity index (χ2n) is 7.50. The molecule has 2 aliphatic heterocycles. The van der Waals surface area contributed by atoms with Gasteiger partial charge in [-0.3, -0.25) is 9.59 Å². The number of nitrogens with zero attached hydrogens (tertiary/aromatic N) is 1. The number of benzene rings is 1. The minimum absolute atomic E-state index is 0.0203. The topological polar surface area (TPSA) is 61.4 Å². The Morgan fingerprint density at radius 1 is 1.16 bits per heavy atom. The summed E-state index contributed by atoms with van der Waals surface area (Å²) in [5, 5.41) is 6.27. The van der Waals surface area contributed by atoms with E-state index < -0.39 is 0 Å². The number of hydrogen-bond donors (Lipinski definition) is 2. The van der Waals surface area contributed by atoms with E-state index in [0.29, 0.717) is 11.5 Å². The zero-order valence-corrected chi connectivity index (χ0v) is 15.3. The van der Waals surface area contributed by atoms with Crippen LogP contribution < -0.4 is 10.6 Å². The van der Waals surface area contributed by atoms with Crippen molar-refractivity contribution in [2.75, 3.05) is 25.0 Å². The van der Waals surface area contributed by atoms with Crippen LogP contribution in [0.5, 0.6) is 0 Å². The molecule has 0 aliphatic carbocycles. The third-order valence-corrected chi connectivity index (χ3v) is 5.43. The number of rotatable bonds is 3. The smallest absolute Gasteiger partial charge is 0.253 e. The van der Waals surface area contributed by atoms with E-state index in [1.54, 1.807) is 0 Å². The van der Waals surface area contributed by atoms with Crippen molar-refractivity contribution < 1.29 is 9.59 Å². The van der Waals surface area contributed by atoms with Crippen LogP contribution in [0.2, 0.25) is 0 Å². The lowest BCUT2D eigenvalue weighted by molar-refractivity contribution is -0.118. The molecular formula is C20H29N3O2. The maximum absolute atomic E-state index is 12.7. The molecule has 2 fully saturated rings. The van der Waals surface area contributed by atoms with Crippen molar-refractivity contribution in [2.45, 2.75) is 52.0 Å². The maximum atomic E-state index is 12.7. The van der Waals surface area contributed by atoms with E-state index in [0.717, 1.165) is 63.0 Å². The van der Waals surface area contributed by atoms with E-state index in [1.807, 2.05) is 30.0 Å². The molecule has 0 saturated carbocycles. The summed E-state index contributed by atoms with van der Waals surface area (Å²) >= 11 is 0. The van der Waals surface area contributed by atoms with Crippen LogP contribution in [0.1, 0.15) is 54.9 Å². The number of hydrogen-bond acceptors (Lipinski definition) is 3. The van der Waals surface area contributed by atoms with Gasteiger partial charge >= 0.3 is 0 Å². The number of carbonyl (C=O) groups is 2. The lowest BCUT2D eigenvalue weighted by Gasteiger charge is -2.30. The predicted octanol–water partition coefficient (Wildman–Crippen LogP) is 2.95. The van der Waals surface area contributed by atoms with Gasteiger partial charge in [-0.15, -0.1) is 0 Å². The quantitative estimate of drug-likeness (QED) is 0.887. The molecule has 0 aromatic heterocycles. The number of likely N-dealkylation sites (tertiary alicyclic amines) is 1. The second kappa shape index (κ2) is 8.00. The SMILES string of the molecule is Cc1cc(C(=O)N2CCC(C)CC2)ccc1NC(=O)[C@@H]1CCCCN1. The summed E-state index contributed by atoms with van der Waals surface area (Å²) in [6.45, 7) is 6.76. The van der Waals surface area contributed by atoms with Gasteiger partial charge in [0.05, 0.1) is 6.04 Å². The molecule has 25 heavy (non-hydrogen) atoms. The fourth-order valence-corrected chi connectivity index (χ4v) is 3.63. The summed E-state index contributed by atoms with van der Waals surface area (Å²) < 4.78 is 0.